The molecule has 0 bridgehead atoms. The zero-order valence-corrected chi connectivity index (χ0v) is 29.7. The Morgan fingerprint density at radius 3 is 2.37 bits per heavy atom. The SMILES string of the molecule is CCOC(=O)C1=C(COCCNC(=O)Cc2ccc(OCC(O)CNC(C)C)cc2)NC(C(F)(F)F)=C(C(=O)OC)C1c1cccc([N+](=O)[O-])c1.Cl. The molecule has 3 rings (SSSR count). The molecular formula is C34H42ClF3N4O10. The summed E-state index contributed by atoms with van der Waals surface area (Å²) in [5, 5.41) is 29.3. The number of methoxy groups -OCH3 is 1. The first-order valence-corrected chi connectivity index (χ1v) is 15.9. The summed E-state index contributed by atoms with van der Waals surface area (Å²) in [6.45, 7) is 4.82. The van der Waals surface area contributed by atoms with Gasteiger partial charge >= 0.3 is 18.1 Å². The molecule has 2 atom stereocenters. The van der Waals surface area contributed by atoms with Gasteiger partial charge in [-0.1, -0.05) is 38.1 Å². The van der Waals surface area contributed by atoms with E-state index in [-0.39, 0.29) is 62.7 Å². The number of alkyl halides is 3. The highest BCUT2D eigenvalue weighted by atomic mass is 35.5. The molecule has 14 nitrogen and oxygen atoms in total. The number of amides is 1. The van der Waals surface area contributed by atoms with E-state index < -0.39 is 69.9 Å². The minimum atomic E-state index is -5.15. The molecule has 0 radical (unpaired) electrons. The minimum Gasteiger partial charge on any atom is -0.491 e. The number of nitro groups is 1. The number of nitrogens with one attached hydrogen (secondary N) is 3. The molecule has 4 N–H and O–H groups in total. The number of nitrogens with zero attached hydrogens (tertiary/aromatic N) is 1. The number of hydrogen-bond acceptors (Lipinski definition) is 12. The summed E-state index contributed by atoms with van der Waals surface area (Å²) in [4.78, 5) is 49.4. The van der Waals surface area contributed by atoms with Crippen LogP contribution in [0.4, 0.5) is 18.9 Å². The molecule has 52 heavy (non-hydrogen) atoms. The molecule has 0 aliphatic carbocycles. The molecule has 0 spiro atoms. The first kappa shape index (κ1) is 43.5. The Balaban J connectivity index is 0.00000936. The highest BCUT2D eigenvalue weighted by molar-refractivity contribution is 6.00. The van der Waals surface area contributed by atoms with Crippen LogP contribution in [-0.2, 0) is 35.0 Å². The molecule has 1 heterocycles. The molecule has 0 aromatic heterocycles. The van der Waals surface area contributed by atoms with Gasteiger partial charge in [-0.05, 0) is 30.2 Å². The third-order valence-corrected chi connectivity index (χ3v) is 7.35. The number of allylic oxidation sites excluding steroid dienone is 1. The number of rotatable bonds is 18. The van der Waals surface area contributed by atoms with Gasteiger partial charge in [0.1, 0.15) is 24.2 Å². The Bertz CT molecular complexity index is 1620. The molecule has 286 valence electrons. The predicted molar refractivity (Wildman–Crippen MR) is 184 cm³/mol. The van der Waals surface area contributed by atoms with Gasteiger partial charge in [-0.25, -0.2) is 9.59 Å². The maximum absolute atomic E-state index is 14.4. The van der Waals surface area contributed by atoms with Gasteiger partial charge in [0.15, 0.2) is 0 Å². The molecule has 2 aromatic rings. The van der Waals surface area contributed by atoms with Crippen LogP contribution in [0.25, 0.3) is 0 Å². The Morgan fingerprint density at radius 2 is 1.77 bits per heavy atom. The average molecular weight is 759 g/mol. The van der Waals surface area contributed by atoms with Crippen molar-refractivity contribution in [3.8, 4) is 5.75 Å². The molecule has 18 heteroatoms. The van der Waals surface area contributed by atoms with Gasteiger partial charge in [-0.2, -0.15) is 13.2 Å². The van der Waals surface area contributed by atoms with Crippen LogP contribution in [-0.4, -0.2) is 92.8 Å². The molecular weight excluding hydrogens is 717 g/mol. The Morgan fingerprint density at radius 1 is 1.08 bits per heavy atom. The number of non-ortho nitro benzene ring substituents is 1. The van der Waals surface area contributed by atoms with E-state index in [1.807, 2.05) is 13.8 Å². The Hall–Kier alpha value is -4.71. The maximum atomic E-state index is 14.4. The number of esters is 2. The van der Waals surface area contributed by atoms with Gasteiger partial charge in [0.25, 0.3) is 5.69 Å². The van der Waals surface area contributed by atoms with E-state index in [1.165, 1.54) is 19.1 Å². The molecule has 0 saturated heterocycles. The van der Waals surface area contributed by atoms with Crippen LogP contribution in [0.2, 0.25) is 0 Å². The van der Waals surface area contributed by atoms with E-state index in [0.717, 1.165) is 19.2 Å². The molecule has 0 saturated carbocycles. The average Bonchev–Trinajstić information content (AvgIpc) is 3.08. The fourth-order valence-corrected chi connectivity index (χ4v) is 5.03. The number of dihydropyridines is 1. The lowest BCUT2D eigenvalue weighted by atomic mass is 9.79. The highest BCUT2D eigenvalue weighted by Gasteiger charge is 2.48. The van der Waals surface area contributed by atoms with Crippen molar-refractivity contribution in [2.45, 2.75) is 51.4 Å². The summed E-state index contributed by atoms with van der Waals surface area (Å²) in [6.07, 6.45) is -5.85. The van der Waals surface area contributed by atoms with E-state index in [2.05, 4.69) is 20.7 Å². The first-order chi connectivity index (χ1) is 24.2. The largest absolute Gasteiger partial charge is 0.491 e. The quantitative estimate of drug-likeness (QED) is 0.0750. The van der Waals surface area contributed by atoms with E-state index in [9.17, 15) is 42.8 Å². The number of halogens is 4. The zero-order valence-electron chi connectivity index (χ0n) is 28.9. The number of nitro benzene ring substituents is 1. The molecule has 2 unspecified atom stereocenters. The number of carbonyl (C=O) groups is 3. The van der Waals surface area contributed by atoms with Crippen molar-refractivity contribution < 1.29 is 56.5 Å². The van der Waals surface area contributed by atoms with Gasteiger partial charge in [0.05, 0.1) is 61.0 Å². The van der Waals surface area contributed by atoms with Crippen LogP contribution < -0.4 is 20.7 Å². The van der Waals surface area contributed by atoms with Crippen LogP contribution >= 0.6 is 12.4 Å². The maximum Gasteiger partial charge on any atom is 0.431 e. The first-order valence-electron chi connectivity index (χ1n) is 15.9. The lowest BCUT2D eigenvalue weighted by molar-refractivity contribution is -0.384. The monoisotopic (exact) mass is 758 g/mol. The molecule has 1 amide bonds. The summed E-state index contributed by atoms with van der Waals surface area (Å²) in [5.41, 5.74) is -3.38. The summed E-state index contributed by atoms with van der Waals surface area (Å²) in [6, 6.07) is 11.4. The zero-order chi connectivity index (χ0) is 37.7. The van der Waals surface area contributed by atoms with Gasteiger partial charge in [-0.3, -0.25) is 14.9 Å². The predicted octanol–water partition coefficient (Wildman–Crippen LogP) is 3.62. The summed E-state index contributed by atoms with van der Waals surface area (Å²) in [7, 11) is 0.860. The second kappa shape index (κ2) is 20.4. The normalized spacial score (nSPS) is 15.0. The van der Waals surface area contributed by atoms with Crippen LogP contribution in [0.3, 0.4) is 0 Å². The lowest BCUT2D eigenvalue weighted by Crippen LogP contribution is -2.40. The molecule has 1 aliphatic rings. The van der Waals surface area contributed by atoms with Gasteiger partial charge in [0.2, 0.25) is 5.91 Å². The van der Waals surface area contributed by atoms with Crippen molar-refractivity contribution in [2.75, 3.05) is 46.6 Å². The third kappa shape index (κ3) is 12.5. The van der Waals surface area contributed by atoms with Crippen molar-refractivity contribution in [1.29, 1.82) is 0 Å². The number of aliphatic hydroxyl groups is 1. The number of hydrogen-bond donors (Lipinski definition) is 4. The Labute approximate surface area is 304 Å². The van der Waals surface area contributed by atoms with E-state index in [0.29, 0.717) is 17.9 Å². The van der Waals surface area contributed by atoms with E-state index >= 15 is 0 Å². The molecule has 1 aliphatic heterocycles. The highest BCUT2D eigenvalue weighted by Crippen LogP contribution is 2.44. The van der Waals surface area contributed by atoms with Crippen LogP contribution in [0, 0.1) is 10.1 Å². The van der Waals surface area contributed by atoms with Crippen molar-refractivity contribution in [2.24, 2.45) is 0 Å². The standard InChI is InChI=1S/C34H41F3N4O10.ClH/c1-5-50-33(45)29-26(40-31(34(35,36)37)30(32(44)48-4)28(29)22-7-6-8-23(16-22)41(46)47)19-49-14-13-38-27(43)15-21-9-11-25(12-10-21)51-18-24(42)17-39-20(2)3;/h6-12,16,20,24,28,39-40,42H,5,13-15,17-19H2,1-4H3,(H,38,43);1H. The van der Waals surface area contributed by atoms with Crippen molar-refractivity contribution in [1.82, 2.24) is 16.0 Å². The van der Waals surface area contributed by atoms with Crippen molar-refractivity contribution in [3.63, 3.8) is 0 Å². The summed E-state index contributed by atoms with van der Waals surface area (Å²) >= 11 is 0. The van der Waals surface area contributed by atoms with Crippen LogP contribution in [0.15, 0.2) is 71.1 Å². The van der Waals surface area contributed by atoms with Crippen LogP contribution in [0.1, 0.15) is 37.8 Å². The topological polar surface area (TPSA) is 188 Å². The molecule has 0 fully saturated rings. The van der Waals surface area contributed by atoms with Gasteiger partial charge in [-0.15, -0.1) is 12.4 Å². The van der Waals surface area contributed by atoms with Gasteiger partial charge in [0, 0.05) is 31.3 Å². The van der Waals surface area contributed by atoms with E-state index in [1.54, 1.807) is 24.3 Å². The van der Waals surface area contributed by atoms with Crippen LogP contribution in [0.5, 0.6) is 5.75 Å². The van der Waals surface area contributed by atoms with E-state index in [4.69, 9.17) is 14.2 Å². The minimum absolute atomic E-state index is 0. The fraction of sp³-hybridized carbons (Fsp3) is 0.441. The smallest absolute Gasteiger partial charge is 0.431 e. The molecule has 2 aromatic carbocycles. The Kier molecular flexibility index (Phi) is 17.0. The number of ether oxygens (including phenoxy) is 4. The second-order valence-corrected chi connectivity index (χ2v) is 11.6. The summed E-state index contributed by atoms with van der Waals surface area (Å²) < 4.78 is 64.1. The van der Waals surface area contributed by atoms with Crippen molar-refractivity contribution >= 4 is 35.9 Å². The lowest BCUT2D eigenvalue weighted by Gasteiger charge is -2.32. The number of aliphatic hydroxyl groups excluding tert-OH is 1. The summed E-state index contributed by atoms with van der Waals surface area (Å²) in [5.74, 6) is -4.16. The second-order valence-electron chi connectivity index (χ2n) is 11.6. The number of benzene rings is 2. The van der Waals surface area contributed by atoms with Gasteiger partial charge < -0.3 is 40.0 Å². The van der Waals surface area contributed by atoms with Crippen molar-refractivity contribution in [3.05, 3.63) is 92.3 Å². The fourth-order valence-electron chi connectivity index (χ4n) is 5.03. The third-order valence-electron chi connectivity index (χ3n) is 7.35. The number of carbonyl (C=O) groups excluding carboxylic acids is 3.